The van der Waals surface area contributed by atoms with Crippen LogP contribution >= 0.6 is 0 Å². The molecule has 1 aliphatic heterocycles. The first-order chi connectivity index (χ1) is 9.13. The molecule has 3 nitrogen and oxygen atoms in total. The van der Waals surface area contributed by atoms with E-state index in [1.807, 2.05) is 11.0 Å². The van der Waals surface area contributed by atoms with E-state index in [-0.39, 0.29) is 5.91 Å². The fourth-order valence-corrected chi connectivity index (χ4v) is 2.90. The third-order valence-electron chi connectivity index (χ3n) is 3.95. The molecule has 1 N–H and O–H groups in total. The number of fused-ring (bicyclic) bond motifs is 1. The van der Waals surface area contributed by atoms with Gasteiger partial charge in [0.05, 0.1) is 0 Å². The average molecular weight is 256 g/mol. The van der Waals surface area contributed by atoms with Gasteiger partial charge in [0, 0.05) is 24.0 Å². The highest BCUT2D eigenvalue weighted by atomic mass is 16.2. The molecule has 2 heterocycles. The number of aromatic nitrogens is 1. The molecule has 0 radical (unpaired) electrons. The molecule has 1 unspecified atom stereocenters. The van der Waals surface area contributed by atoms with Crippen LogP contribution in [0.2, 0.25) is 0 Å². The number of likely N-dealkylation sites (tertiary alicyclic amines) is 1. The highest BCUT2D eigenvalue weighted by Gasteiger charge is 2.23. The van der Waals surface area contributed by atoms with Crippen molar-refractivity contribution in [2.75, 3.05) is 13.1 Å². The number of aromatic amines is 1. The van der Waals surface area contributed by atoms with Gasteiger partial charge in [-0.2, -0.15) is 0 Å². The summed E-state index contributed by atoms with van der Waals surface area (Å²) in [5.41, 5.74) is 2.98. The van der Waals surface area contributed by atoms with Crippen LogP contribution in [0.15, 0.2) is 24.3 Å². The Hall–Kier alpha value is -1.77. The second-order valence-corrected chi connectivity index (χ2v) is 5.77. The lowest BCUT2D eigenvalue weighted by molar-refractivity contribution is 0.0678. The number of carbonyl (C=O) groups excluding carboxylic acids is 1. The third-order valence-corrected chi connectivity index (χ3v) is 3.95. The molecule has 1 aromatic heterocycles. The zero-order valence-corrected chi connectivity index (χ0v) is 11.6. The Morgan fingerprint density at radius 3 is 3.00 bits per heavy atom. The van der Waals surface area contributed by atoms with Crippen molar-refractivity contribution in [1.29, 1.82) is 0 Å². The van der Waals surface area contributed by atoms with E-state index in [0.717, 1.165) is 36.1 Å². The highest BCUT2D eigenvalue weighted by Crippen LogP contribution is 2.21. The van der Waals surface area contributed by atoms with Crippen molar-refractivity contribution in [3.05, 3.63) is 35.5 Å². The minimum absolute atomic E-state index is 0.139. The second kappa shape index (κ2) is 4.72. The van der Waals surface area contributed by atoms with E-state index in [1.54, 1.807) is 0 Å². The number of H-pyrrole nitrogens is 1. The van der Waals surface area contributed by atoms with Crippen molar-refractivity contribution in [3.8, 4) is 0 Å². The monoisotopic (exact) mass is 256 g/mol. The van der Waals surface area contributed by atoms with Crippen molar-refractivity contribution < 1.29 is 4.79 Å². The van der Waals surface area contributed by atoms with Gasteiger partial charge in [-0.25, -0.2) is 0 Å². The number of amides is 1. The van der Waals surface area contributed by atoms with Crippen LogP contribution in [-0.4, -0.2) is 28.9 Å². The van der Waals surface area contributed by atoms with E-state index in [0.29, 0.717) is 5.92 Å². The van der Waals surface area contributed by atoms with Crippen molar-refractivity contribution >= 4 is 16.8 Å². The summed E-state index contributed by atoms with van der Waals surface area (Å²) in [6, 6.07) is 8.20. The maximum absolute atomic E-state index is 12.5. The lowest BCUT2D eigenvalue weighted by atomic mass is 10.00. The summed E-state index contributed by atoms with van der Waals surface area (Å²) in [6.07, 6.45) is 2.35. The molecule has 1 aromatic carbocycles. The first-order valence-corrected chi connectivity index (χ1v) is 7.02. The van der Waals surface area contributed by atoms with Gasteiger partial charge in [0.2, 0.25) is 0 Å². The van der Waals surface area contributed by atoms with Crippen LogP contribution in [0, 0.1) is 12.8 Å². The normalized spacial score (nSPS) is 19.9. The minimum Gasteiger partial charge on any atom is -0.351 e. The molecular formula is C16H20N2O. The fourth-order valence-electron chi connectivity index (χ4n) is 2.90. The Bertz CT molecular complexity index is 614. The third kappa shape index (κ3) is 2.37. The van der Waals surface area contributed by atoms with Crippen LogP contribution in [-0.2, 0) is 0 Å². The van der Waals surface area contributed by atoms with Gasteiger partial charge in [-0.15, -0.1) is 0 Å². The summed E-state index contributed by atoms with van der Waals surface area (Å²) < 4.78 is 0. The molecule has 1 aliphatic rings. The van der Waals surface area contributed by atoms with Gasteiger partial charge in [0.15, 0.2) is 0 Å². The largest absolute Gasteiger partial charge is 0.351 e. The second-order valence-electron chi connectivity index (χ2n) is 5.77. The quantitative estimate of drug-likeness (QED) is 0.834. The molecular weight excluding hydrogens is 236 g/mol. The van der Waals surface area contributed by atoms with Gasteiger partial charge < -0.3 is 9.88 Å². The predicted octanol–water partition coefficient (Wildman–Crippen LogP) is 3.35. The molecule has 3 rings (SSSR count). The lowest BCUT2D eigenvalue weighted by Gasteiger charge is -2.30. The standard InChI is InChI=1S/C16H20N2O/c1-11-5-6-13-9-15(17-14(13)8-11)16(19)18-7-3-4-12(2)10-18/h5-6,8-9,12,17H,3-4,7,10H2,1-2H3. The molecule has 1 atom stereocenters. The first-order valence-electron chi connectivity index (χ1n) is 7.02. The van der Waals surface area contributed by atoms with Crippen LogP contribution in [0.4, 0.5) is 0 Å². The number of rotatable bonds is 1. The van der Waals surface area contributed by atoms with Gasteiger partial charge in [-0.1, -0.05) is 19.1 Å². The fraction of sp³-hybridized carbons (Fsp3) is 0.438. The maximum atomic E-state index is 12.5. The Balaban J connectivity index is 1.88. The number of nitrogens with zero attached hydrogens (tertiary/aromatic N) is 1. The Labute approximate surface area is 113 Å². The molecule has 19 heavy (non-hydrogen) atoms. The minimum atomic E-state index is 0.139. The number of aryl methyl sites for hydroxylation is 1. The van der Waals surface area contributed by atoms with Crippen molar-refractivity contribution in [2.24, 2.45) is 5.92 Å². The Kier molecular flexibility index (Phi) is 3.05. The van der Waals surface area contributed by atoms with E-state index in [4.69, 9.17) is 0 Å². The van der Waals surface area contributed by atoms with E-state index in [1.165, 1.54) is 12.0 Å². The SMILES string of the molecule is Cc1ccc2cc(C(=O)N3CCCC(C)C3)[nH]c2c1. The van der Waals surface area contributed by atoms with Gasteiger partial charge in [-0.05, 0) is 43.4 Å². The van der Waals surface area contributed by atoms with Crippen molar-refractivity contribution in [3.63, 3.8) is 0 Å². The van der Waals surface area contributed by atoms with Crippen LogP contribution in [0.5, 0.6) is 0 Å². The van der Waals surface area contributed by atoms with Crippen LogP contribution in [0.3, 0.4) is 0 Å². The molecule has 100 valence electrons. The summed E-state index contributed by atoms with van der Waals surface area (Å²) in [7, 11) is 0. The number of hydrogen-bond acceptors (Lipinski definition) is 1. The molecule has 3 heteroatoms. The topological polar surface area (TPSA) is 36.1 Å². The van der Waals surface area contributed by atoms with Gasteiger partial charge in [0.1, 0.15) is 5.69 Å². The summed E-state index contributed by atoms with van der Waals surface area (Å²) in [6.45, 7) is 6.05. The smallest absolute Gasteiger partial charge is 0.270 e. The molecule has 2 aromatic rings. The van der Waals surface area contributed by atoms with Gasteiger partial charge in [0.25, 0.3) is 5.91 Å². The van der Waals surface area contributed by atoms with Crippen molar-refractivity contribution in [1.82, 2.24) is 9.88 Å². The first kappa shape index (κ1) is 12.3. The molecule has 0 bridgehead atoms. The lowest BCUT2D eigenvalue weighted by Crippen LogP contribution is -2.39. The van der Waals surface area contributed by atoms with E-state index < -0.39 is 0 Å². The Morgan fingerprint density at radius 2 is 2.21 bits per heavy atom. The maximum Gasteiger partial charge on any atom is 0.270 e. The zero-order valence-electron chi connectivity index (χ0n) is 11.6. The summed E-state index contributed by atoms with van der Waals surface area (Å²) in [4.78, 5) is 17.7. The van der Waals surface area contributed by atoms with Gasteiger partial charge in [-0.3, -0.25) is 4.79 Å². The zero-order chi connectivity index (χ0) is 13.4. The van der Waals surface area contributed by atoms with Gasteiger partial charge >= 0.3 is 0 Å². The molecule has 1 fully saturated rings. The summed E-state index contributed by atoms with van der Waals surface area (Å²) in [5, 5.41) is 1.11. The Morgan fingerprint density at radius 1 is 1.37 bits per heavy atom. The van der Waals surface area contributed by atoms with E-state index in [2.05, 4.69) is 37.0 Å². The van der Waals surface area contributed by atoms with Crippen LogP contribution in [0.25, 0.3) is 10.9 Å². The van der Waals surface area contributed by atoms with Crippen molar-refractivity contribution in [2.45, 2.75) is 26.7 Å². The molecule has 0 spiro atoms. The van der Waals surface area contributed by atoms with E-state index in [9.17, 15) is 4.79 Å². The summed E-state index contributed by atoms with van der Waals surface area (Å²) in [5.74, 6) is 0.754. The molecule has 0 saturated carbocycles. The average Bonchev–Trinajstić information content (AvgIpc) is 2.80. The molecule has 1 amide bonds. The predicted molar refractivity (Wildman–Crippen MR) is 77.3 cm³/mol. The number of piperidine rings is 1. The summed E-state index contributed by atoms with van der Waals surface area (Å²) >= 11 is 0. The van der Waals surface area contributed by atoms with Crippen LogP contribution < -0.4 is 0 Å². The van der Waals surface area contributed by atoms with Crippen LogP contribution in [0.1, 0.15) is 35.8 Å². The van der Waals surface area contributed by atoms with E-state index >= 15 is 0 Å². The number of benzene rings is 1. The number of carbonyl (C=O) groups is 1. The molecule has 0 aliphatic carbocycles. The molecule has 1 saturated heterocycles. The number of nitrogens with one attached hydrogen (secondary N) is 1. The highest BCUT2D eigenvalue weighted by molar-refractivity contribution is 5.98. The number of hydrogen-bond donors (Lipinski definition) is 1.